The average molecular weight is 293 g/mol. The van der Waals surface area contributed by atoms with Crippen LogP contribution in [-0.4, -0.2) is 60.7 Å². The van der Waals surface area contributed by atoms with Crippen molar-refractivity contribution >= 4 is 5.82 Å². The fourth-order valence-electron chi connectivity index (χ4n) is 2.61. The molecule has 2 rings (SSSR count). The van der Waals surface area contributed by atoms with Crippen molar-refractivity contribution < 1.29 is 4.74 Å². The van der Waals surface area contributed by atoms with Gasteiger partial charge in [0, 0.05) is 26.2 Å². The van der Waals surface area contributed by atoms with Gasteiger partial charge in [-0.1, -0.05) is 6.92 Å². The van der Waals surface area contributed by atoms with Crippen molar-refractivity contribution in [1.82, 2.24) is 14.9 Å². The Kier molecular flexibility index (Phi) is 6.20. The number of nitrogens with two attached hydrogens (primary N) is 1. The number of hydrogen-bond donors (Lipinski definition) is 1. The summed E-state index contributed by atoms with van der Waals surface area (Å²) < 4.78 is 5.43. The van der Waals surface area contributed by atoms with Crippen LogP contribution in [0.2, 0.25) is 0 Å². The first kappa shape index (κ1) is 16.0. The van der Waals surface area contributed by atoms with Gasteiger partial charge in [0.05, 0.1) is 19.0 Å². The molecule has 21 heavy (non-hydrogen) atoms. The van der Waals surface area contributed by atoms with Gasteiger partial charge in [0.25, 0.3) is 0 Å². The highest BCUT2D eigenvalue weighted by Gasteiger charge is 2.17. The molecular formula is C15H27N5O. The van der Waals surface area contributed by atoms with E-state index in [-0.39, 0.29) is 0 Å². The second-order valence-corrected chi connectivity index (χ2v) is 5.63. The lowest BCUT2D eigenvalue weighted by Crippen LogP contribution is -2.35. The smallest absolute Gasteiger partial charge is 0.234 e. The SMILES string of the molecule is CCOc1cncc(N2CCCN(CC(C)CN)CC2)n1. The van der Waals surface area contributed by atoms with E-state index in [9.17, 15) is 0 Å². The topological polar surface area (TPSA) is 67.5 Å². The third-order valence-electron chi connectivity index (χ3n) is 3.78. The van der Waals surface area contributed by atoms with Crippen molar-refractivity contribution in [3.63, 3.8) is 0 Å². The summed E-state index contributed by atoms with van der Waals surface area (Å²) in [4.78, 5) is 13.6. The van der Waals surface area contributed by atoms with Crippen LogP contribution in [0.5, 0.6) is 5.88 Å². The fraction of sp³-hybridized carbons (Fsp3) is 0.733. The molecule has 6 heteroatoms. The molecule has 0 spiro atoms. The molecule has 0 radical (unpaired) electrons. The Balaban J connectivity index is 1.94. The second kappa shape index (κ2) is 8.14. The van der Waals surface area contributed by atoms with E-state index in [0.29, 0.717) is 18.4 Å². The maximum Gasteiger partial charge on any atom is 0.234 e. The minimum atomic E-state index is 0.553. The zero-order chi connectivity index (χ0) is 15.1. The van der Waals surface area contributed by atoms with Gasteiger partial charge >= 0.3 is 0 Å². The summed E-state index contributed by atoms with van der Waals surface area (Å²) in [6, 6.07) is 0. The second-order valence-electron chi connectivity index (χ2n) is 5.63. The van der Waals surface area contributed by atoms with Crippen molar-refractivity contribution in [2.24, 2.45) is 11.7 Å². The van der Waals surface area contributed by atoms with E-state index in [1.54, 1.807) is 6.20 Å². The summed E-state index contributed by atoms with van der Waals surface area (Å²) in [5, 5.41) is 0. The maximum atomic E-state index is 5.72. The molecule has 1 saturated heterocycles. The molecule has 1 aromatic heterocycles. The standard InChI is InChI=1S/C15H27N5O/c1-3-21-15-11-17-10-14(18-15)20-6-4-5-19(7-8-20)12-13(2)9-16/h10-11,13H,3-9,12,16H2,1-2H3. The van der Waals surface area contributed by atoms with Gasteiger partial charge < -0.3 is 20.3 Å². The van der Waals surface area contributed by atoms with Gasteiger partial charge in [-0.3, -0.25) is 4.98 Å². The van der Waals surface area contributed by atoms with E-state index in [0.717, 1.165) is 51.5 Å². The van der Waals surface area contributed by atoms with Crippen LogP contribution in [0.3, 0.4) is 0 Å². The largest absolute Gasteiger partial charge is 0.477 e. The summed E-state index contributed by atoms with van der Waals surface area (Å²) >= 11 is 0. The van der Waals surface area contributed by atoms with Crippen molar-refractivity contribution in [2.75, 3.05) is 50.8 Å². The van der Waals surface area contributed by atoms with Gasteiger partial charge in [-0.25, -0.2) is 0 Å². The molecule has 1 aromatic rings. The van der Waals surface area contributed by atoms with Crippen molar-refractivity contribution in [3.8, 4) is 5.88 Å². The van der Waals surface area contributed by atoms with Crippen LogP contribution in [0.25, 0.3) is 0 Å². The van der Waals surface area contributed by atoms with Crippen LogP contribution in [0, 0.1) is 5.92 Å². The predicted octanol–water partition coefficient (Wildman–Crippen LogP) is 0.982. The molecule has 2 N–H and O–H groups in total. The Morgan fingerprint density at radius 1 is 1.29 bits per heavy atom. The number of ether oxygens (including phenoxy) is 1. The maximum absolute atomic E-state index is 5.72. The lowest BCUT2D eigenvalue weighted by molar-refractivity contribution is 0.255. The molecule has 2 heterocycles. The van der Waals surface area contributed by atoms with Crippen molar-refractivity contribution in [3.05, 3.63) is 12.4 Å². The lowest BCUT2D eigenvalue weighted by Gasteiger charge is -2.24. The molecule has 6 nitrogen and oxygen atoms in total. The van der Waals surface area contributed by atoms with Gasteiger partial charge in [0.1, 0.15) is 0 Å². The van der Waals surface area contributed by atoms with E-state index in [4.69, 9.17) is 10.5 Å². The van der Waals surface area contributed by atoms with E-state index < -0.39 is 0 Å². The molecule has 1 aliphatic heterocycles. The molecule has 1 unspecified atom stereocenters. The lowest BCUT2D eigenvalue weighted by atomic mass is 10.1. The number of nitrogens with zero attached hydrogens (tertiary/aromatic N) is 4. The van der Waals surface area contributed by atoms with Gasteiger partial charge in [-0.15, -0.1) is 0 Å². The summed E-state index contributed by atoms with van der Waals surface area (Å²) in [7, 11) is 0. The summed E-state index contributed by atoms with van der Waals surface area (Å²) in [6.45, 7) is 10.8. The number of anilines is 1. The van der Waals surface area contributed by atoms with Gasteiger partial charge in [-0.05, 0) is 32.4 Å². The van der Waals surface area contributed by atoms with Crippen LogP contribution < -0.4 is 15.4 Å². The number of hydrogen-bond acceptors (Lipinski definition) is 6. The Morgan fingerprint density at radius 3 is 2.90 bits per heavy atom. The molecular weight excluding hydrogens is 266 g/mol. The highest BCUT2D eigenvalue weighted by atomic mass is 16.5. The highest BCUT2D eigenvalue weighted by Crippen LogP contribution is 2.16. The van der Waals surface area contributed by atoms with E-state index in [2.05, 4.69) is 26.7 Å². The molecule has 0 aromatic carbocycles. The van der Waals surface area contributed by atoms with Crippen LogP contribution in [0.1, 0.15) is 20.3 Å². The molecule has 1 aliphatic rings. The minimum absolute atomic E-state index is 0.553. The predicted molar refractivity (Wildman–Crippen MR) is 84.7 cm³/mol. The molecule has 0 bridgehead atoms. The Hall–Kier alpha value is -1.40. The Bertz CT molecular complexity index is 428. The first-order valence-corrected chi connectivity index (χ1v) is 7.85. The molecule has 1 atom stereocenters. The Morgan fingerprint density at radius 2 is 2.14 bits per heavy atom. The van der Waals surface area contributed by atoms with Crippen molar-refractivity contribution in [2.45, 2.75) is 20.3 Å². The van der Waals surface area contributed by atoms with E-state index in [1.807, 2.05) is 13.1 Å². The highest BCUT2D eigenvalue weighted by molar-refractivity contribution is 5.37. The average Bonchev–Trinajstić information content (AvgIpc) is 2.73. The molecule has 0 aliphatic carbocycles. The van der Waals surface area contributed by atoms with Gasteiger partial charge in [0.15, 0.2) is 5.82 Å². The third kappa shape index (κ3) is 4.82. The zero-order valence-electron chi connectivity index (χ0n) is 13.2. The summed E-state index contributed by atoms with van der Waals surface area (Å²) in [5.74, 6) is 2.07. The fourth-order valence-corrected chi connectivity index (χ4v) is 2.61. The zero-order valence-corrected chi connectivity index (χ0v) is 13.2. The molecule has 0 saturated carbocycles. The molecule has 0 amide bonds. The number of rotatable bonds is 6. The monoisotopic (exact) mass is 293 g/mol. The third-order valence-corrected chi connectivity index (χ3v) is 3.78. The molecule has 1 fully saturated rings. The van der Waals surface area contributed by atoms with Crippen molar-refractivity contribution in [1.29, 1.82) is 0 Å². The van der Waals surface area contributed by atoms with Crippen LogP contribution in [-0.2, 0) is 0 Å². The normalized spacial score (nSPS) is 18.3. The van der Waals surface area contributed by atoms with Gasteiger partial charge in [-0.2, -0.15) is 4.98 Å². The minimum Gasteiger partial charge on any atom is -0.477 e. The summed E-state index contributed by atoms with van der Waals surface area (Å²) in [5.41, 5.74) is 5.72. The summed E-state index contributed by atoms with van der Waals surface area (Å²) in [6.07, 6.45) is 4.62. The van der Waals surface area contributed by atoms with E-state index in [1.165, 1.54) is 0 Å². The first-order valence-electron chi connectivity index (χ1n) is 7.85. The molecule has 118 valence electrons. The van der Waals surface area contributed by atoms with E-state index >= 15 is 0 Å². The first-order chi connectivity index (χ1) is 10.2. The van der Waals surface area contributed by atoms with Crippen LogP contribution in [0.4, 0.5) is 5.82 Å². The number of aromatic nitrogens is 2. The van der Waals surface area contributed by atoms with Crippen LogP contribution >= 0.6 is 0 Å². The Labute approximate surface area is 127 Å². The van der Waals surface area contributed by atoms with Gasteiger partial charge in [0.2, 0.25) is 5.88 Å². The quantitative estimate of drug-likeness (QED) is 0.843. The van der Waals surface area contributed by atoms with Crippen LogP contribution in [0.15, 0.2) is 12.4 Å².